The lowest BCUT2D eigenvalue weighted by Gasteiger charge is -2.28. The fourth-order valence-electron chi connectivity index (χ4n) is 3.37. The van der Waals surface area contributed by atoms with Gasteiger partial charge in [-0.2, -0.15) is 0 Å². The summed E-state index contributed by atoms with van der Waals surface area (Å²) in [7, 11) is 0. The van der Waals surface area contributed by atoms with E-state index < -0.39 is 115 Å². The monoisotopic (exact) mass is 606 g/mol. The minimum atomic E-state index is -1.78. The summed E-state index contributed by atoms with van der Waals surface area (Å²) in [4.78, 5) is 85.6. The molecule has 0 unspecified atom stereocenters. The maximum Gasteiger partial charge on any atom is 0.326 e. The average Bonchev–Trinajstić information content (AvgIpc) is 2.87. The van der Waals surface area contributed by atoms with Gasteiger partial charge in [-0.15, -0.1) is 0 Å². The molecule has 0 fully saturated rings. The lowest BCUT2D eigenvalue weighted by Crippen LogP contribution is -2.62. The number of carboxylic acids is 2. The number of nitrogens with two attached hydrogens (primary N) is 1. The Balaban J connectivity index is 5.80. The van der Waals surface area contributed by atoms with Crippen LogP contribution in [0.3, 0.4) is 0 Å². The molecule has 42 heavy (non-hydrogen) atoms. The van der Waals surface area contributed by atoms with Crippen molar-refractivity contribution in [1.29, 1.82) is 0 Å². The standard InChI is InChI=1S/C24H42N6O12/c1-9(2)16(24(41)42)28-23(40)18(12(5)33)30-21(38)14(8-31)27-20(37)13(6-7-15(34)35)26-22(39)17(11(4)32)29-19(36)10(3)25/h9-14,16-18,31-33H,6-8,25H2,1-5H3,(H,26,39)(H,27,37)(H,28,40)(H,29,36)(H,30,38)(H,34,35)(H,41,42)/t10-,11+,12+,13-,14-,16-,17-,18-/m0/s1. The minimum Gasteiger partial charge on any atom is -0.481 e. The summed E-state index contributed by atoms with van der Waals surface area (Å²) in [6.45, 7) is 5.59. The van der Waals surface area contributed by atoms with E-state index in [1.54, 1.807) is 0 Å². The summed E-state index contributed by atoms with van der Waals surface area (Å²) < 4.78 is 0. The average molecular weight is 607 g/mol. The van der Waals surface area contributed by atoms with Crippen molar-refractivity contribution < 1.29 is 59.1 Å². The lowest BCUT2D eigenvalue weighted by atomic mass is 10.0. The Labute approximate surface area is 241 Å². The Bertz CT molecular complexity index is 987. The van der Waals surface area contributed by atoms with Gasteiger partial charge in [0, 0.05) is 6.42 Å². The fraction of sp³-hybridized carbons (Fsp3) is 0.708. The van der Waals surface area contributed by atoms with E-state index in [-0.39, 0.29) is 0 Å². The van der Waals surface area contributed by atoms with E-state index in [1.807, 2.05) is 0 Å². The molecule has 18 nitrogen and oxygen atoms in total. The summed E-state index contributed by atoms with van der Waals surface area (Å²) in [6.07, 6.45) is -4.15. The second-order valence-corrected chi connectivity index (χ2v) is 10.0. The van der Waals surface area contributed by atoms with E-state index >= 15 is 0 Å². The smallest absolute Gasteiger partial charge is 0.326 e. The van der Waals surface area contributed by atoms with Gasteiger partial charge in [0.1, 0.15) is 30.2 Å². The molecule has 0 saturated carbocycles. The van der Waals surface area contributed by atoms with Gasteiger partial charge in [0.2, 0.25) is 29.5 Å². The Kier molecular flexibility index (Phi) is 16.2. The van der Waals surface area contributed by atoms with Gasteiger partial charge in [0.25, 0.3) is 0 Å². The molecular weight excluding hydrogens is 564 g/mol. The molecule has 0 aliphatic rings. The van der Waals surface area contributed by atoms with Crippen LogP contribution in [0.2, 0.25) is 0 Å². The van der Waals surface area contributed by atoms with E-state index in [9.17, 15) is 54.0 Å². The van der Waals surface area contributed by atoms with Gasteiger partial charge in [-0.1, -0.05) is 13.8 Å². The summed E-state index contributed by atoms with van der Waals surface area (Å²) >= 11 is 0. The van der Waals surface area contributed by atoms with Crippen LogP contribution in [0.5, 0.6) is 0 Å². The van der Waals surface area contributed by atoms with Crippen LogP contribution in [0, 0.1) is 5.92 Å². The van der Waals surface area contributed by atoms with E-state index in [1.165, 1.54) is 27.7 Å². The topological polar surface area (TPSA) is 307 Å². The van der Waals surface area contributed by atoms with E-state index in [4.69, 9.17) is 10.8 Å². The molecule has 18 heteroatoms. The van der Waals surface area contributed by atoms with E-state index in [0.717, 1.165) is 6.92 Å². The first-order chi connectivity index (χ1) is 19.3. The van der Waals surface area contributed by atoms with Crippen molar-refractivity contribution in [3.05, 3.63) is 0 Å². The summed E-state index contributed by atoms with van der Waals surface area (Å²) in [5.74, 6) is -8.55. The van der Waals surface area contributed by atoms with Crippen molar-refractivity contribution in [2.24, 2.45) is 11.7 Å². The molecule has 5 amide bonds. The predicted octanol–water partition coefficient (Wildman–Crippen LogP) is -4.88. The van der Waals surface area contributed by atoms with Crippen LogP contribution < -0.4 is 32.3 Å². The number of aliphatic hydroxyl groups excluding tert-OH is 3. The summed E-state index contributed by atoms with van der Waals surface area (Å²) in [6, 6.07) is -9.12. The number of hydrogen-bond donors (Lipinski definition) is 11. The number of aliphatic hydroxyl groups is 3. The zero-order chi connectivity index (χ0) is 32.9. The number of carbonyl (C=O) groups excluding carboxylic acids is 5. The second kappa shape index (κ2) is 17.8. The van der Waals surface area contributed by atoms with Gasteiger partial charge < -0.3 is 57.9 Å². The number of carboxylic acid groups (broad SMARTS) is 2. The van der Waals surface area contributed by atoms with Crippen LogP contribution in [0.4, 0.5) is 0 Å². The van der Waals surface area contributed by atoms with Crippen molar-refractivity contribution in [2.45, 2.75) is 95.9 Å². The van der Waals surface area contributed by atoms with Gasteiger partial charge in [0.05, 0.1) is 24.9 Å². The largest absolute Gasteiger partial charge is 0.481 e. The minimum absolute atomic E-state index is 0.509. The highest BCUT2D eigenvalue weighted by atomic mass is 16.4. The normalized spacial score (nSPS) is 16.8. The van der Waals surface area contributed by atoms with Crippen LogP contribution in [0.1, 0.15) is 47.5 Å². The Morgan fingerprint density at radius 2 is 1.02 bits per heavy atom. The van der Waals surface area contributed by atoms with Crippen LogP contribution in [0.25, 0.3) is 0 Å². The van der Waals surface area contributed by atoms with Gasteiger partial charge in [-0.05, 0) is 33.1 Å². The number of nitrogens with one attached hydrogen (secondary N) is 5. The first-order valence-corrected chi connectivity index (χ1v) is 13.0. The Morgan fingerprint density at radius 3 is 1.40 bits per heavy atom. The first-order valence-electron chi connectivity index (χ1n) is 13.0. The number of amides is 5. The Hall–Kier alpha value is -3.87. The van der Waals surface area contributed by atoms with Crippen LogP contribution >= 0.6 is 0 Å². The molecular formula is C24H42N6O12. The van der Waals surface area contributed by atoms with Crippen LogP contribution in [-0.2, 0) is 33.6 Å². The quantitative estimate of drug-likeness (QED) is 0.0698. The lowest BCUT2D eigenvalue weighted by molar-refractivity contribution is -0.144. The fourth-order valence-corrected chi connectivity index (χ4v) is 3.37. The molecule has 0 aromatic rings. The Morgan fingerprint density at radius 1 is 0.619 bits per heavy atom. The molecule has 0 saturated heterocycles. The predicted molar refractivity (Wildman–Crippen MR) is 143 cm³/mol. The molecule has 0 aliphatic heterocycles. The molecule has 240 valence electrons. The second-order valence-electron chi connectivity index (χ2n) is 10.0. The van der Waals surface area contributed by atoms with Crippen LogP contribution in [-0.4, -0.2) is 122 Å². The molecule has 0 aromatic carbocycles. The number of carbonyl (C=O) groups is 7. The maximum absolute atomic E-state index is 13.0. The van der Waals surface area contributed by atoms with E-state index in [0.29, 0.717) is 0 Å². The van der Waals surface area contributed by atoms with Gasteiger partial charge >= 0.3 is 11.9 Å². The van der Waals surface area contributed by atoms with Crippen molar-refractivity contribution in [1.82, 2.24) is 26.6 Å². The molecule has 0 aromatic heterocycles. The highest BCUT2D eigenvalue weighted by Crippen LogP contribution is 2.05. The highest BCUT2D eigenvalue weighted by molar-refractivity contribution is 5.96. The van der Waals surface area contributed by atoms with Gasteiger partial charge in [0.15, 0.2) is 0 Å². The summed E-state index contributed by atoms with van der Waals surface area (Å²) in [5, 5.41) is 58.8. The molecule has 0 spiro atoms. The third-order valence-corrected chi connectivity index (χ3v) is 5.86. The van der Waals surface area contributed by atoms with E-state index in [2.05, 4.69) is 26.6 Å². The maximum atomic E-state index is 13.0. The molecule has 0 bridgehead atoms. The van der Waals surface area contributed by atoms with Crippen molar-refractivity contribution in [2.75, 3.05) is 6.61 Å². The van der Waals surface area contributed by atoms with Crippen LogP contribution in [0.15, 0.2) is 0 Å². The molecule has 8 atom stereocenters. The zero-order valence-electron chi connectivity index (χ0n) is 24.0. The van der Waals surface area contributed by atoms with Crippen molar-refractivity contribution in [3.63, 3.8) is 0 Å². The number of aliphatic carboxylic acids is 2. The molecule has 0 heterocycles. The van der Waals surface area contributed by atoms with Crippen molar-refractivity contribution in [3.8, 4) is 0 Å². The third-order valence-electron chi connectivity index (χ3n) is 5.86. The van der Waals surface area contributed by atoms with Gasteiger partial charge in [-0.3, -0.25) is 28.8 Å². The number of rotatable bonds is 18. The third kappa shape index (κ3) is 12.8. The molecule has 0 aliphatic carbocycles. The van der Waals surface area contributed by atoms with Crippen molar-refractivity contribution >= 4 is 41.5 Å². The number of hydrogen-bond acceptors (Lipinski definition) is 11. The first kappa shape index (κ1) is 38.1. The summed E-state index contributed by atoms with van der Waals surface area (Å²) in [5.41, 5.74) is 5.45. The molecule has 12 N–H and O–H groups in total. The highest BCUT2D eigenvalue weighted by Gasteiger charge is 2.35. The zero-order valence-corrected chi connectivity index (χ0v) is 24.0. The SMILES string of the molecule is CC(C)[C@H](NC(=O)[C@@H](NC(=O)[C@H](CO)NC(=O)[C@H](CCC(=O)O)NC(=O)[C@@H](NC(=O)[C@H](C)N)[C@@H](C)O)[C@@H](C)O)C(=O)O. The molecule has 0 rings (SSSR count). The molecule has 0 radical (unpaired) electrons. The van der Waals surface area contributed by atoms with Gasteiger partial charge in [-0.25, -0.2) is 4.79 Å².